The van der Waals surface area contributed by atoms with Crippen LogP contribution in [0, 0.1) is 0 Å². The Balaban J connectivity index is 2.20. The first-order valence-corrected chi connectivity index (χ1v) is 6.63. The van der Waals surface area contributed by atoms with Crippen molar-refractivity contribution in [3.05, 3.63) is 24.5 Å². The normalized spacial score (nSPS) is 19.8. The zero-order valence-electron chi connectivity index (χ0n) is 8.78. The Morgan fingerprint density at radius 2 is 2.06 bits per heavy atom. The minimum absolute atomic E-state index is 0.214. The third-order valence-electron chi connectivity index (χ3n) is 2.70. The molecule has 0 aliphatic carbocycles. The van der Waals surface area contributed by atoms with Crippen molar-refractivity contribution in [1.82, 2.24) is 9.29 Å². The van der Waals surface area contributed by atoms with Gasteiger partial charge in [-0.25, -0.2) is 8.42 Å². The first-order valence-electron chi connectivity index (χ1n) is 5.19. The van der Waals surface area contributed by atoms with Gasteiger partial charge in [0.15, 0.2) is 0 Å². The summed E-state index contributed by atoms with van der Waals surface area (Å²) in [6.07, 6.45) is 3.51. The van der Waals surface area contributed by atoms with Gasteiger partial charge in [-0.05, 0) is 25.0 Å². The third-order valence-corrected chi connectivity index (χ3v) is 4.58. The van der Waals surface area contributed by atoms with Gasteiger partial charge < -0.3 is 5.11 Å². The molecule has 1 aromatic rings. The van der Waals surface area contributed by atoms with E-state index in [0.29, 0.717) is 25.9 Å². The molecule has 88 valence electrons. The number of aromatic nitrogens is 1. The molecule has 1 fully saturated rings. The summed E-state index contributed by atoms with van der Waals surface area (Å²) in [6.45, 7) is 0.747. The number of aliphatic hydroxyl groups is 1. The van der Waals surface area contributed by atoms with Crippen LogP contribution in [0.3, 0.4) is 0 Å². The van der Waals surface area contributed by atoms with Gasteiger partial charge in [0.1, 0.15) is 4.90 Å². The van der Waals surface area contributed by atoms with E-state index in [1.165, 1.54) is 16.6 Å². The fourth-order valence-electron chi connectivity index (χ4n) is 1.73. The predicted molar refractivity (Wildman–Crippen MR) is 58.2 cm³/mol. The molecule has 0 aromatic carbocycles. The van der Waals surface area contributed by atoms with Gasteiger partial charge in [-0.2, -0.15) is 4.31 Å². The molecule has 5 nitrogen and oxygen atoms in total. The second-order valence-electron chi connectivity index (χ2n) is 3.82. The van der Waals surface area contributed by atoms with Crippen molar-refractivity contribution in [2.75, 3.05) is 13.1 Å². The van der Waals surface area contributed by atoms with Gasteiger partial charge in [-0.1, -0.05) is 0 Å². The molecule has 0 spiro atoms. The standard InChI is InChI=1S/C10H14N2O3S/c13-9-3-6-12(7-4-9)16(14,15)10-2-1-5-11-8-10/h1-2,5,8-9,13H,3-4,6-7H2. The van der Waals surface area contributed by atoms with E-state index in [2.05, 4.69) is 4.98 Å². The minimum Gasteiger partial charge on any atom is -0.393 e. The van der Waals surface area contributed by atoms with E-state index in [9.17, 15) is 13.5 Å². The van der Waals surface area contributed by atoms with Gasteiger partial charge in [0.2, 0.25) is 10.0 Å². The lowest BCUT2D eigenvalue weighted by atomic mass is 10.1. The van der Waals surface area contributed by atoms with Gasteiger partial charge in [-0.15, -0.1) is 0 Å². The first kappa shape index (κ1) is 11.5. The van der Waals surface area contributed by atoms with Gasteiger partial charge in [-0.3, -0.25) is 4.98 Å². The van der Waals surface area contributed by atoms with Crippen molar-refractivity contribution >= 4 is 10.0 Å². The molecule has 0 radical (unpaired) electrons. The van der Waals surface area contributed by atoms with E-state index in [1.54, 1.807) is 12.3 Å². The molecule has 1 aliphatic rings. The van der Waals surface area contributed by atoms with Crippen molar-refractivity contribution in [2.45, 2.75) is 23.8 Å². The van der Waals surface area contributed by atoms with Crippen molar-refractivity contribution in [1.29, 1.82) is 0 Å². The number of pyridine rings is 1. The number of nitrogens with zero attached hydrogens (tertiary/aromatic N) is 2. The van der Waals surface area contributed by atoms with Crippen molar-refractivity contribution in [3.63, 3.8) is 0 Å². The Morgan fingerprint density at radius 1 is 1.38 bits per heavy atom. The highest BCUT2D eigenvalue weighted by molar-refractivity contribution is 7.89. The Hall–Kier alpha value is -0.980. The number of hydrogen-bond acceptors (Lipinski definition) is 4. The van der Waals surface area contributed by atoms with Crippen LogP contribution in [0.1, 0.15) is 12.8 Å². The molecule has 1 aromatic heterocycles. The van der Waals surface area contributed by atoms with Crippen molar-refractivity contribution < 1.29 is 13.5 Å². The van der Waals surface area contributed by atoms with E-state index in [4.69, 9.17) is 0 Å². The Morgan fingerprint density at radius 3 is 2.62 bits per heavy atom. The van der Waals surface area contributed by atoms with E-state index >= 15 is 0 Å². The van der Waals surface area contributed by atoms with Crippen LogP contribution >= 0.6 is 0 Å². The van der Waals surface area contributed by atoms with Crippen LogP contribution in [0.2, 0.25) is 0 Å². The van der Waals surface area contributed by atoms with E-state index in [0.717, 1.165) is 0 Å². The number of sulfonamides is 1. The average molecular weight is 242 g/mol. The average Bonchev–Trinajstić information content (AvgIpc) is 2.31. The van der Waals surface area contributed by atoms with Crippen LogP contribution in [-0.4, -0.2) is 42.0 Å². The summed E-state index contributed by atoms with van der Waals surface area (Å²) in [7, 11) is -3.43. The minimum atomic E-state index is -3.43. The van der Waals surface area contributed by atoms with Crippen LogP contribution < -0.4 is 0 Å². The molecule has 0 saturated carbocycles. The van der Waals surface area contributed by atoms with Gasteiger partial charge in [0, 0.05) is 25.5 Å². The molecule has 1 N–H and O–H groups in total. The molecule has 1 saturated heterocycles. The second kappa shape index (κ2) is 4.48. The molecule has 0 unspecified atom stereocenters. The maximum Gasteiger partial charge on any atom is 0.244 e. The zero-order valence-corrected chi connectivity index (χ0v) is 9.60. The highest BCUT2D eigenvalue weighted by Gasteiger charge is 2.28. The van der Waals surface area contributed by atoms with Crippen LogP contribution in [0.5, 0.6) is 0 Å². The maximum atomic E-state index is 12.1. The van der Waals surface area contributed by atoms with Crippen LogP contribution in [0.4, 0.5) is 0 Å². The maximum absolute atomic E-state index is 12.1. The molecule has 2 rings (SSSR count). The summed E-state index contributed by atoms with van der Waals surface area (Å²) >= 11 is 0. The summed E-state index contributed by atoms with van der Waals surface area (Å²) in [5.74, 6) is 0. The Kier molecular flexibility index (Phi) is 3.22. The monoisotopic (exact) mass is 242 g/mol. The van der Waals surface area contributed by atoms with Gasteiger partial charge in [0.05, 0.1) is 6.10 Å². The fourth-order valence-corrected chi connectivity index (χ4v) is 3.17. The molecule has 6 heteroatoms. The predicted octanol–water partition coefficient (Wildman–Crippen LogP) is 0.227. The van der Waals surface area contributed by atoms with Crippen LogP contribution in [0.25, 0.3) is 0 Å². The molecule has 0 amide bonds. The second-order valence-corrected chi connectivity index (χ2v) is 5.76. The number of hydrogen-bond donors (Lipinski definition) is 1. The number of aliphatic hydroxyl groups excluding tert-OH is 1. The van der Waals surface area contributed by atoms with E-state index in [-0.39, 0.29) is 11.0 Å². The van der Waals surface area contributed by atoms with Crippen LogP contribution in [-0.2, 0) is 10.0 Å². The Labute approximate surface area is 94.8 Å². The summed E-state index contributed by atoms with van der Waals surface area (Å²) < 4.78 is 25.6. The molecule has 2 heterocycles. The lowest BCUT2D eigenvalue weighted by Crippen LogP contribution is -2.39. The molecule has 1 aliphatic heterocycles. The molecular weight excluding hydrogens is 228 g/mol. The highest BCUT2D eigenvalue weighted by atomic mass is 32.2. The molecule has 0 bridgehead atoms. The lowest BCUT2D eigenvalue weighted by Gasteiger charge is -2.28. The quantitative estimate of drug-likeness (QED) is 0.805. The lowest BCUT2D eigenvalue weighted by molar-refractivity contribution is 0.113. The summed E-state index contributed by atoms with van der Waals surface area (Å²) in [4.78, 5) is 4.02. The van der Waals surface area contributed by atoms with E-state index in [1.807, 2.05) is 0 Å². The largest absolute Gasteiger partial charge is 0.393 e. The van der Waals surface area contributed by atoms with Gasteiger partial charge in [0.25, 0.3) is 0 Å². The zero-order chi connectivity index (χ0) is 11.6. The highest BCUT2D eigenvalue weighted by Crippen LogP contribution is 2.19. The third kappa shape index (κ3) is 2.23. The number of piperidine rings is 1. The smallest absolute Gasteiger partial charge is 0.244 e. The molecule has 16 heavy (non-hydrogen) atoms. The SMILES string of the molecule is O=S(=O)(c1cccnc1)N1CCC(O)CC1. The Bertz CT molecular complexity index is 438. The topological polar surface area (TPSA) is 70.5 Å². The molecular formula is C10H14N2O3S. The van der Waals surface area contributed by atoms with Crippen LogP contribution in [0.15, 0.2) is 29.4 Å². The fraction of sp³-hybridized carbons (Fsp3) is 0.500. The van der Waals surface area contributed by atoms with E-state index < -0.39 is 10.0 Å². The summed E-state index contributed by atoms with van der Waals surface area (Å²) in [5, 5.41) is 9.33. The summed E-state index contributed by atoms with van der Waals surface area (Å²) in [5.41, 5.74) is 0. The van der Waals surface area contributed by atoms with Gasteiger partial charge >= 0.3 is 0 Å². The summed E-state index contributed by atoms with van der Waals surface area (Å²) in [6, 6.07) is 3.14. The van der Waals surface area contributed by atoms with Crippen molar-refractivity contribution in [3.8, 4) is 0 Å². The molecule has 0 atom stereocenters. The first-order chi connectivity index (χ1) is 7.60. The number of rotatable bonds is 2. The van der Waals surface area contributed by atoms with Crippen molar-refractivity contribution in [2.24, 2.45) is 0 Å².